The quantitative estimate of drug-likeness (QED) is 0.867. The van der Waals surface area contributed by atoms with Crippen molar-refractivity contribution in [2.75, 3.05) is 0 Å². The van der Waals surface area contributed by atoms with E-state index in [2.05, 4.69) is 15.2 Å². The molecule has 0 unspecified atom stereocenters. The fraction of sp³-hybridized carbons (Fsp3) is 0.417. The van der Waals surface area contributed by atoms with Crippen LogP contribution >= 0.6 is 0 Å². The summed E-state index contributed by atoms with van der Waals surface area (Å²) in [6.07, 6.45) is 1.55. The van der Waals surface area contributed by atoms with Gasteiger partial charge in [-0.15, -0.1) is 10.2 Å². The molecule has 0 atom stereocenters. The average molecular weight is 249 g/mol. The summed E-state index contributed by atoms with van der Waals surface area (Å²) in [4.78, 5) is 4.00. The second-order valence-electron chi connectivity index (χ2n) is 4.12. The van der Waals surface area contributed by atoms with E-state index in [1.165, 1.54) is 0 Å². The van der Waals surface area contributed by atoms with Crippen molar-refractivity contribution in [3.63, 3.8) is 0 Å². The van der Waals surface area contributed by atoms with Crippen LogP contribution < -0.4 is 4.74 Å². The third kappa shape index (κ3) is 3.04. The van der Waals surface area contributed by atoms with Gasteiger partial charge in [0.15, 0.2) is 6.61 Å². The molecule has 2 aromatic rings. The molecule has 0 radical (unpaired) electrons. The van der Waals surface area contributed by atoms with E-state index in [0.717, 1.165) is 0 Å². The molecule has 1 N–H and O–H groups in total. The fourth-order valence-electron chi connectivity index (χ4n) is 1.29. The number of nitrogens with zero attached hydrogens (tertiary/aromatic N) is 3. The van der Waals surface area contributed by atoms with Crippen LogP contribution in [-0.2, 0) is 13.2 Å². The summed E-state index contributed by atoms with van der Waals surface area (Å²) in [5, 5.41) is 16.6. The van der Waals surface area contributed by atoms with Gasteiger partial charge in [-0.2, -0.15) is 0 Å². The lowest BCUT2D eigenvalue weighted by molar-refractivity contribution is 0.254. The molecule has 2 heterocycles. The van der Waals surface area contributed by atoms with Crippen LogP contribution in [0.15, 0.2) is 22.7 Å². The fourth-order valence-corrected chi connectivity index (χ4v) is 1.29. The van der Waals surface area contributed by atoms with E-state index in [1.807, 2.05) is 13.8 Å². The highest BCUT2D eigenvalue weighted by Gasteiger charge is 2.09. The van der Waals surface area contributed by atoms with E-state index in [1.54, 1.807) is 18.3 Å². The van der Waals surface area contributed by atoms with Crippen molar-refractivity contribution in [3.8, 4) is 5.75 Å². The molecule has 0 bridgehead atoms. The Balaban J connectivity index is 1.93. The number of rotatable bonds is 5. The minimum atomic E-state index is -0.0817. The van der Waals surface area contributed by atoms with Crippen molar-refractivity contribution >= 4 is 0 Å². The van der Waals surface area contributed by atoms with Gasteiger partial charge in [0.1, 0.15) is 5.75 Å². The number of aliphatic hydroxyl groups is 1. The van der Waals surface area contributed by atoms with Crippen molar-refractivity contribution in [1.82, 2.24) is 15.2 Å². The summed E-state index contributed by atoms with van der Waals surface area (Å²) in [5.74, 6) is 1.83. The van der Waals surface area contributed by atoms with Gasteiger partial charge in [-0.1, -0.05) is 13.8 Å². The Morgan fingerprint density at radius 3 is 2.72 bits per heavy atom. The Hall–Kier alpha value is -1.95. The molecule has 0 aromatic carbocycles. The molecule has 0 aliphatic carbocycles. The van der Waals surface area contributed by atoms with Crippen molar-refractivity contribution in [2.45, 2.75) is 33.0 Å². The summed E-state index contributed by atoms with van der Waals surface area (Å²) in [6, 6.07) is 3.43. The Bertz CT molecular complexity index is 494. The van der Waals surface area contributed by atoms with E-state index >= 15 is 0 Å². The number of aromatic nitrogens is 3. The van der Waals surface area contributed by atoms with Gasteiger partial charge < -0.3 is 14.3 Å². The van der Waals surface area contributed by atoms with E-state index in [-0.39, 0.29) is 19.1 Å². The van der Waals surface area contributed by atoms with E-state index in [0.29, 0.717) is 23.2 Å². The highest BCUT2D eigenvalue weighted by atomic mass is 16.5. The molecule has 0 aliphatic heterocycles. The SMILES string of the molecule is CC(C)c1nnc(COc2ccc(CO)nc2)o1. The van der Waals surface area contributed by atoms with E-state index in [9.17, 15) is 0 Å². The molecule has 0 saturated carbocycles. The zero-order valence-corrected chi connectivity index (χ0v) is 10.3. The Labute approximate surface area is 105 Å². The Kier molecular flexibility index (Phi) is 3.88. The van der Waals surface area contributed by atoms with Gasteiger partial charge in [-0.05, 0) is 12.1 Å². The summed E-state index contributed by atoms with van der Waals surface area (Å²) in [5.41, 5.74) is 0.599. The van der Waals surface area contributed by atoms with Gasteiger partial charge in [0, 0.05) is 5.92 Å². The average Bonchev–Trinajstić information content (AvgIpc) is 2.86. The van der Waals surface area contributed by atoms with Crippen molar-refractivity contribution in [3.05, 3.63) is 35.8 Å². The van der Waals surface area contributed by atoms with Gasteiger partial charge in [0.2, 0.25) is 5.89 Å². The predicted molar refractivity (Wildman–Crippen MR) is 62.9 cm³/mol. The van der Waals surface area contributed by atoms with Crippen LogP contribution in [0.3, 0.4) is 0 Å². The van der Waals surface area contributed by atoms with Crippen LogP contribution in [0.25, 0.3) is 0 Å². The molecule has 6 heteroatoms. The number of hydrogen-bond donors (Lipinski definition) is 1. The first-order valence-corrected chi connectivity index (χ1v) is 5.70. The third-order valence-corrected chi connectivity index (χ3v) is 2.30. The van der Waals surface area contributed by atoms with Crippen LogP contribution in [0, 0.1) is 0 Å². The lowest BCUT2D eigenvalue weighted by atomic mass is 10.2. The van der Waals surface area contributed by atoms with Crippen LogP contribution in [0.2, 0.25) is 0 Å². The minimum absolute atomic E-state index is 0.0817. The maximum absolute atomic E-state index is 8.85. The Morgan fingerprint density at radius 1 is 1.33 bits per heavy atom. The molecule has 0 aliphatic rings. The van der Waals surface area contributed by atoms with Gasteiger partial charge >= 0.3 is 0 Å². The highest BCUT2D eigenvalue weighted by Crippen LogP contribution is 2.14. The molecular formula is C12H15N3O3. The first-order valence-electron chi connectivity index (χ1n) is 5.70. The highest BCUT2D eigenvalue weighted by molar-refractivity contribution is 5.19. The second-order valence-corrected chi connectivity index (χ2v) is 4.12. The van der Waals surface area contributed by atoms with E-state index in [4.69, 9.17) is 14.3 Å². The number of hydrogen-bond acceptors (Lipinski definition) is 6. The number of ether oxygens (including phenoxy) is 1. The second kappa shape index (κ2) is 5.59. The van der Waals surface area contributed by atoms with Crippen molar-refractivity contribution in [1.29, 1.82) is 0 Å². The third-order valence-electron chi connectivity index (χ3n) is 2.30. The van der Waals surface area contributed by atoms with Gasteiger partial charge in [-0.25, -0.2) is 0 Å². The molecule has 18 heavy (non-hydrogen) atoms. The zero-order chi connectivity index (χ0) is 13.0. The minimum Gasteiger partial charge on any atom is -0.482 e. The maximum Gasteiger partial charge on any atom is 0.253 e. The molecule has 0 amide bonds. The first kappa shape index (κ1) is 12.5. The monoisotopic (exact) mass is 249 g/mol. The Morgan fingerprint density at radius 2 is 2.17 bits per heavy atom. The normalized spacial score (nSPS) is 10.9. The lowest BCUT2D eigenvalue weighted by Crippen LogP contribution is -1.97. The van der Waals surface area contributed by atoms with E-state index < -0.39 is 0 Å². The smallest absolute Gasteiger partial charge is 0.253 e. The molecule has 6 nitrogen and oxygen atoms in total. The predicted octanol–water partition coefficient (Wildman–Crippen LogP) is 1.66. The number of aliphatic hydroxyl groups excluding tert-OH is 1. The molecule has 96 valence electrons. The van der Waals surface area contributed by atoms with Crippen LogP contribution in [0.1, 0.15) is 37.2 Å². The summed E-state index contributed by atoms with van der Waals surface area (Å²) in [6.45, 7) is 4.09. The molecule has 0 saturated heterocycles. The zero-order valence-electron chi connectivity index (χ0n) is 10.3. The molecule has 0 spiro atoms. The van der Waals surface area contributed by atoms with Crippen LogP contribution in [0.5, 0.6) is 5.75 Å². The van der Waals surface area contributed by atoms with Crippen molar-refractivity contribution in [2.24, 2.45) is 0 Å². The van der Waals surface area contributed by atoms with Gasteiger partial charge in [0.05, 0.1) is 18.5 Å². The standard InChI is InChI=1S/C12H15N3O3/c1-8(2)12-15-14-11(18-12)7-17-10-4-3-9(6-16)13-5-10/h3-5,8,16H,6-7H2,1-2H3. The summed E-state index contributed by atoms with van der Waals surface area (Å²) < 4.78 is 10.8. The summed E-state index contributed by atoms with van der Waals surface area (Å²) in [7, 11) is 0. The molecular weight excluding hydrogens is 234 g/mol. The van der Waals surface area contributed by atoms with Gasteiger partial charge in [0.25, 0.3) is 5.89 Å². The molecule has 2 rings (SSSR count). The van der Waals surface area contributed by atoms with Crippen LogP contribution in [-0.4, -0.2) is 20.3 Å². The number of pyridine rings is 1. The molecule has 2 aromatic heterocycles. The largest absolute Gasteiger partial charge is 0.482 e. The van der Waals surface area contributed by atoms with Crippen molar-refractivity contribution < 1.29 is 14.3 Å². The van der Waals surface area contributed by atoms with Crippen LogP contribution in [0.4, 0.5) is 0 Å². The lowest BCUT2D eigenvalue weighted by Gasteiger charge is -2.03. The summed E-state index contributed by atoms with van der Waals surface area (Å²) >= 11 is 0. The molecule has 0 fully saturated rings. The first-order chi connectivity index (χ1) is 8.69. The van der Waals surface area contributed by atoms with Gasteiger partial charge in [-0.3, -0.25) is 4.98 Å². The topological polar surface area (TPSA) is 81.3 Å². The maximum atomic E-state index is 8.85.